The quantitative estimate of drug-likeness (QED) is 0.511. The molecule has 8 heteroatoms. The molecule has 0 radical (unpaired) electrons. The van der Waals surface area contributed by atoms with Crippen LogP contribution in [0.2, 0.25) is 0 Å². The number of furan rings is 1. The predicted octanol–water partition coefficient (Wildman–Crippen LogP) is 2.94. The lowest BCUT2D eigenvalue weighted by atomic mass is 10.1. The molecule has 0 aliphatic carbocycles. The molecule has 25 heavy (non-hydrogen) atoms. The van der Waals surface area contributed by atoms with Crippen molar-refractivity contribution in [3.05, 3.63) is 58.0 Å². The predicted molar refractivity (Wildman–Crippen MR) is 92.9 cm³/mol. The second kappa shape index (κ2) is 7.61. The average Bonchev–Trinajstić information content (AvgIpc) is 3.17. The third-order valence-corrected chi connectivity index (χ3v) is 4.03. The average molecular weight is 342 g/mol. The second-order valence-electron chi connectivity index (χ2n) is 5.72. The van der Waals surface area contributed by atoms with E-state index >= 15 is 0 Å². The van der Waals surface area contributed by atoms with Crippen LogP contribution in [0.3, 0.4) is 0 Å². The van der Waals surface area contributed by atoms with Crippen LogP contribution >= 0.6 is 0 Å². The highest BCUT2D eigenvalue weighted by Crippen LogP contribution is 2.26. The fourth-order valence-electron chi connectivity index (χ4n) is 2.80. The van der Waals surface area contributed by atoms with Gasteiger partial charge >= 0.3 is 5.91 Å². The van der Waals surface area contributed by atoms with Crippen LogP contribution in [0.1, 0.15) is 35.4 Å². The zero-order valence-electron chi connectivity index (χ0n) is 13.6. The van der Waals surface area contributed by atoms with Crippen LogP contribution in [0.15, 0.2) is 46.1 Å². The first-order valence-corrected chi connectivity index (χ1v) is 8.05. The molecule has 0 saturated carbocycles. The lowest BCUT2D eigenvalue weighted by Gasteiger charge is -2.29. The SMILES string of the molecule is O=C(N/N=C\c1cc([N+](=O)[O-])ccc1N1CCCCC1)c1ccco1. The van der Waals surface area contributed by atoms with Gasteiger partial charge in [-0.3, -0.25) is 14.9 Å². The molecule has 1 N–H and O–H groups in total. The molecule has 1 fully saturated rings. The lowest BCUT2D eigenvalue weighted by Crippen LogP contribution is -2.30. The molecule has 1 aromatic carbocycles. The van der Waals surface area contributed by atoms with Gasteiger partial charge in [-0.05, 0) is 37.5 Å². The Labute approximate surface area is 144 Å². The summed E-state index contributed by atoms with van der Waals surface area (Å²) in [6.45, 7) is 1.80. The zero-order valence-corrected chi connectivity index (χ0v) is 13.6. The number of hydrazone groups is 1. The van der Waals surface area contributed by atoms with Crippen LogP contribution in [0.4, 0.5) is 11.4 Å². The van der Waals surface area contributed by atoms with E-state index in [2.05, 4.69) is 15.4 Å². The molecule has 0 unspecified atom stereocenters. The molecular weight excluding hydrogens is 324 g/mol. The molecule has 130 valence electrons. The van der Waals surface area contributed by atoms with Gasteiger partial charge in [-0.2, -0.15) is 5.10 Å². The molecule has 1 saturated heterocycles. The number of nitrogens with zero attached hydrogens (tertiary/aromatic N) is 3. The summed E-state index contributed by atoms with van der Waals surface area (Å²) in [5, 5.41) is 15.0. The highest BCUT2D eigenvalue weighted by molar-refractivity contribution is 5.93. The Hall–Kier alpha value is -3.16. The summed E-state index contributed by atoms with van der Waals surface area (Å²) in [5.41, 5.74) is 3.82. The standard InChI is InChI=1S/C17H18N4O4/c22-17(16-5-4-10-25-16)19-18-12-13-11-14(21(23)24)6-7-15(13)20-8-2-1-3-9-20/h4-7,10-12H,1-3,8-9H2,(H,19,22)/b18-12-. The van der Waals surface area contributed by atoms with Gasteiger partial charge in [0.1, 0.15) is 0 Å². The molecule has 0 bridgehead atoms. The summed E-state index contributed by atoms with van der Waals surface area (Å²) in [4.78, 5) is 24.6. The molecule has 2 heterocycles. The highest BCUT2D eigenvalue weighted by atomic mass is 16.6. The van der Waals surface area contributed by atoms with Gasteiger partial charge in [0.05, 0.1) is 17.4 Å². The Morgan fingerprint density at radius 1 is 1.28 bits per heavy atom. The Kier molecular flexibility index (Phi) is 5.08. The van der Waals surface area contributed by atoms with Crippen molar-refractivity contribution in [1.82, 2.24) is 5.43 Å². The number of carbonyl (C=O) groups is 1. The van der Waals surface area contributed by atoms with Gasteiger partial charge in [0, 0.05) is 36.5 Å². The van der Waals surface area contributed by atoms with E-state index in [9.17, 15) is 14.9 Å². The molecule has 2 aromatic rings. The molecule has 3 rings (SSSR count). The number of hydrogen-bond acceptors (Lipinski definition) is 6. The van der Waals surface area contributed by atoms with Crippen molar-refractivity contribution in [3.8, 4) is 0 Å². The summed E-state index contributed by atoms with van der Waals surface area (Å²) in [7, 11) is 0. The normalized spacial score (nSPS) is 14.6. The Morgan fingerprint density at radius 2 is 2.08 bits per heavy atom. The number of non-ortho nitro benzene ring substituents is 1. The van der Waals surface area contributed by atoms with E-state index in [1.165, 1.54) is 37.1 Å². The van der Waals surface area contributed by atoms with Crippen LogP contribution in [0, 0.1) is 10.1 Å². The van der Waals surface area contributed by atoms with Crippen LogP contribution in [-0.4, -0.2) is 30.1 Å². The zero-order chi connectivity index (χ0) is 17.6. The van der Waals surface area contributed by atoms with E-state index in [1.807, 2.05) is 0 Å². The maximum Gasteiger partial charge on any atom is 0.307 e. The number of amides is 1. The number of piperidine rings is 1. The minimum Gasteiger partial charge on any atom is -0.459 e. The van der Waals surface area contributed by atoms with E-state index in [4.69, 9.17) is 4.42 Å². The first-order valence-electron chi connectivity index (χ1n) is 8.05. The Morgan fingerprint density at radius 3 is 2.76 bits per heavy atom. The molecule has 1 aliphatic heterocycles. The fourth-order valence-corrected chi connectivity index (χ4v) is 2.80. The van der Waals surface area contributed by atoms with Crippen LogP contribution in [-0.2, 0) is 0 Å². The first-order chi connectivity index (χ1) is 12.1. The van der Waals surface area contributed by atoms with Crippen molar-refractivity contribution in [2.45, 2.75) is 19.3 Å². The first kappa shape index (κ1) is 16.7. The summed E-state index contributed by atoms with van der Waals surface area (Å²) in [5.74, 6) is -0.335. The van der Waals surface area contributed by atoms with Crippen LogP contribution < -0.4 is 10.3 Å². The maximum atomic E-state index is 11.8. The van der Waals surface area contributed by atoms with Crippen molar-refractivity contribution in [2.24, 2.45) is 5.10 Å². The molecule has 1 aliphatic rings. The monoisotopic (exact) mass is 342 g/mol. The molecule has 8 nitrogen and oxygen atoms in total. The number of rotatable bonds is 5. The van der Waals surface area contributed by atoms with Gasteiger partial charge < -0.3 is 9.32 Å². The van der Waals surface area contributed by atoms with Gasteiger partial charge in [0.2, 0.25) is 0 Å². The van der Waals surface area contributed by atoms with E-state index in [-0.39, 0.29) is 11.4 Å². The molecule has 1 aromatic heterocycles. The third-order valence-electron chi connectivity index (χ3n) is 4.03. The maximum absolute atomic E-state index is 11.8. The molecule has 0 atom stereocenters. The molecule has 1 amide bonds. The van der Waals surface area contributed by atoms with Crippen molar-refractivity contribution >= 4 is 23.5 Å². The van der Waals surface area contributed by atoms with Crippen molar-refractivity contribution in [2.75, 3.05) is 18.0 Å². The number of carbonyl (C=O) groups excluding carboxylic acids is 1. The highest BCUT2D eigenvalue weighted by Gasteiger charge is 2.17. The Bertz CT molecular complexity index is 780. The number of nitro benzene ring substituents is 1. The fraction of sp³-hybridized carbons (Fsp3) is 0.294. The van der Waals surface area contributed by atoms with E-state index in [0.29, 0.717) is 5.56 Å². The van der Waals surface area contributed by atoms with Crippen molar-refractivity contribution in [3.63, 3.8) is 0 Å². The Balaban J connectivity index is 1.81. The lowest BCUT2D eigenvalue weighted by molar-refractivity contribution is -0.384. The van der Waals surface area contributed by atoms with Crippen molar-refractivity contribution in [1.29, 1.82) is 0 Å². The number of hydrogen-bond donors (Lipinski definition) is 1. The summed E-state index contributed by atoms with van der Waals surface area (Å²) in [6, 6.07) is 7.82. The van der Waals surface area contributed by atoms with Gasteiger partial charge in [-0.1, -0.05) is 0 Å². The summed E-state index contributed by atoms with van der Waals surface area (Å²) in [6.07, 6.45) is 6.18. The van der Waals surface area contributed by atoms with Crippen LogP contribution in [0.25, 0.3) is 0 Å². The third kappa shape index (κ3) is 4.03. The number of nitro groups is 1. The van der Waals surface area contributed by atoms with Gasteiger partial charge in [-0.15, -0.1) is 0 Å². The smallest absolute Gasteiger partial charge is 0.307 e. The molecule has 0 spiro atoms. The van der Waals surface area contributed by atoms with Crippen LogP contribution in [0.5, 0.6) is 0 Å². The minimum absolute atomic E-state index is 0.0143. The van der Waals surface area contributed by atoms with Crippen molar-refractivity contribution < 1.29 is 14.1 Å². The minimum atomic E-state index is -0.480. The number of nitrogens with one attached hydrogen (secondary N) is 1. The van der Waals surface area contributed by atoms with E-state index in [1.54, 1.807) is 12.1 Å². The van der Waals surface area contributed by atoms with Gasteiger partial charge in [-0.25, -0.2) is 5.43 Å². The largest absolute Gasteiger partial charge is 0.459 e. The second-order valence-corrected chi connectivity index (χ2v) is 5.72. The topological polar surface area (TPSA) is 101 Å². The molecular formula is C17H18N4O4. The van der Waals surface area contributed by atoms with Gasteiger partial charge in [0.15, 0.2) is 5.76 Å². The summed E-state index contributed by atoms with van der Waals surface area (Å²) >= 11 is 0. The van der Waals surface area contributed by atoms with E-state index < -0.39 is 10.8 Å². The number of benzene rings is 1. The van der Waals surface area contributed by atoms with E-state index in [0.717, 1.165) is 31.6 Å². The number of anilines is 1. The summed E-state index contributed by atoms with van der Waals surface area (Å²) < 4.78 is 4.98. The van der Waals surface area contributed by atoms with Gasteiger partial charge in [0.25, 0.3) is 5.69 Å².